The van der Waals surface area contributed by atoms with Crippen LogP contribution in [0.15, 0.2) is 17.5 Å². The lowest BCUT2D eigenvalue weighted by Crippen LogP contribution is -2.39. The van der Waals surface area contributed by atoms with Gasteiger partial charge in [0.1, 0.15) is 0 Å². The van der Waals surface area contributed by atoms with Crippen molar-refractivity contribution in [2.24, 2.45) is 5.92 Å². The molecule has 1 saturated carbocycles. The molecule has 1 aliphatic carbocycles. The van der Waals surface area contributed by atoms with Gasteiger partial charge in [0, 0.05) is 17.5 Å². The van der Waals surface area contributed by atoms with Crippen molar-refractivity contribution < 1.29 is 0 Å². The van der Waals surface area contributed by atoms with E-state index in [9.17, 15) is 0 Å². The summed E-state index contributed by atoms with van der Waals surface area (Å²) in [5.74, 6) is 0.889. The van der Waals surface area contributed by atoms with Crippen LogP contribution in [0.2, 0.25) is 0 Å². The largest absolute Gasteiger partial charge is 0.312 e. The zero-order chi connectivity index (χ0) is 13.7. The minimum atomic E-state index is 0.506. The van der Waals surface area contributed by atoms with E-state index in [1.165, 1.54) is 37.0 Å². The molecule has 2 nitrogen and oxygen atoms in total. The van der Waals surface area contributed by atoms with Gasteiger partial charge in [-0.3, -0.25) is 0 Å². The van der Waals surface area contributed by atoms with E-state index < -0.39 is 0 Å². The van der Waals surface area contributed by atoms with Crippen LogP contribution in [0.25, 0.3) is 0 Å². The SMILES string of the molecule is CC(NCC(c1cccs1)N(C)C)C1CCCCC1. The number of nitrogens with zero attached hydrogens (tertiary/aromatic N) is 1. The molecule has 0 aliphatic heterocycles. The summed E-state index contributed by atoms with van der Waals surface area (Å²) >= 11 is 1.86. The Labute approximate surface area is 122 Å². The molecule has 0 radical (unpaired) electrons. The van der Waals surface area contributed by atoms with Gasteiger partial charge in [-0.25, -0.2) is 0 Å². The van der Waals surface area contributed by atoms with Gasteiger partial charge in [-0.05, 0) is 51.2 Å². The van der Waals surface area contributed by atoms with Gasteiger partial charge in [0.2, 0.25) is 0 Å². The molecular formula is C16H28N2S. The van der Waals surface area contributed by atoms with Crippen LogP contribution in [0.3, 0.4) is 0 Å². The summed E-state index contributed by atoms with van der Waals surface area (Å²) in [4.78, 5) is 3.79. The second-order valence-corrected chi connectivity index (χ2v) is 7.07. The smallest absolute Gasteiger partial charge is 0.0561 e. The summed E-state index contributed by atoms with van der Waals surface area (Å²) in [6.45, 7) is 3.43. The van der Waals surface area contributed by atoms with E-state index in [1.807, 2.05) is 11.3 Å². The quantitative estimate of drug-likeness (QED) is 0.850. The van der Waals surface area contributed by atoms with Crippen LogP contribution in [0.5, 0.6) is 0 Å². The molecule has 1 aromatic rings. The summed E-state index contributed by atoms with van der Waals surface area (Å²) in [7, 11) is 4.36. The van der Waals surface area contributed by atoms with Gasteiger partial charge in [0.05, 0.1) is 6.04 Å². The van der Waals surface area contributed by atoms with E-state index in [0.717, 1.165) is 12.5 Å². The van der Waals surface area contributed by atoms with Crippen LogP contribution in [0, 0.1) is 5.92 Å². The van der Waals surface area contributed by atoms with Gasteiger partial charge in [-0.15, -0.1) is 11.3 Å². The number of rotatable bonds is 6. The second-order valence-electron chi connectivity index (χ2n) is 6.09. The Bertz CT molecular complexity index is 342. The van der Waals surface area contributed by atoms with Crippen molar-refractivity contribution in [3.05, 3.63) is 22.4 Å². The van der Waals surface area contributed by atoms with Crippen molar-refractivity contribution in [1.82, 2.24) is 10.2 Å². The number of hydrogen-bond acceptors (Lipinski definition) is 3. The Hall–Kier alpha value is -0.380. The Morgan fingerprint density at radius 3 is 2.63 bits per heavy atom. The van der Waals surface area contributed by atoms with Crippen molar-refractivity contribution >= 4 is 11.3 Å². The van der Waals surface area contributed by atoms with Crippen LogP contribution in [-0.4, -0.2) is 31.6 Å². The summed E-state index contributed by atoms with van der Waals surface area (Å²) in [6.07, 6.45) is 7.13. The van der Waals surface area contributed by atoms with Crippen LogP contribution < -0.4 is 5.32 Å². The zero-order valence-electron chi connectivity index (χ0n) is 12.6. The van der Waals surface area contributed by atoms with Gasteiger partial charge in [0.25, 0.3) is 0 Å². The molecule has 1 heterocycles. The fraction of sp³-hybridized carbons (Fsp3) is 0.750. The standard InChI is InChI=1S/C16H28N2S/c1-13(14-8-5-4-6-9-14)17-12-15(18(2)3)16-10-7-11-19-16/h7,10-11,13-15,17H,4-6,8-9,12H2,1-3H3. The topological polar surface area (TPSA) is 15.3 Å². The zero-order valence-corrected chi connectivity index (χ0v) is 13.4. The van der Waals surface area contributed by atoms with Crippen molar-refractivity contribution in [3.63, 3.8) is 0 Å². The second kappa shape index (κ2) is 7.41. The predicted molar refractivity (Wildman–Crippen MR) is 84.8 cm³/mol. The molecule has 2 unspecified atom stereocenters. The predicted octanol–water partition coefficient (Wildman–Crippen LogP) is 3.91. The lowest BCUT2D eigenvalue weighted by Gasteiger charge is -2.31. The molecule has 0 bridgehead atoms. The summed E-state index contributed by atoms with van der Waals surface area (Å²) in [5, 5.41) is 5.96. The fourth-order valence-electron chi connectivity index (χ4n) is 3.12. The third-order valence-electron chi connectivity index (χ3n) is 4.49. The molecule has 1 aromatic heterocycles. The summed E-state index contributed by atoms with van der Waals surface area (Å²) < 4.78 is 0. The Morgan fingerprint density at radius 1 is 1.32 bits per heavy atom. The molecule has 19 heavy (non-hydrogen) atoms. The minimum absolute atomic E-state index is 0.506. The first-order valence-electron chi connectivity index (χ1n) is 7.61. The normalized spacial score (nSPS) is 20.6. The summed E-state index contributed by atoms with van der Waals surface area (Å²) in [6, 6.07) is 5.57. The third kappa shape index (κ3) is 4.30. The first kappa shape index (κ1) is 15.0. The summed E-state index contributed by atoms with van der Waals surface area (Å²) in [5.41, 5.74) is 0. The third-order valence-corrected chi connectivity index (χ3v) is 5.46. The molecule has 0 aromatic carbocycles. The maximum atomic E-state index is 3.79. The van der Waals surface area contributed by atoms with Crippen molar-refractivity contribution in [3.8, 4) is 0 Å². The van der Waals surface area contributed by atoms with E-state index in [0.29, 0.717) is 12.1 Å². The molecule has 1 aliphatic rings. The van der Waals surface area contributed by atoms with E-state index in [2.05, 4.69) is 48.7 Å². The molecule has 3 heteroatoms. The molecule has 2 atom stereocenters. The van der Waals surface area contributed by atoms with E-state index in [-0.39, 0.29) is 0 Å². The van der Waals surface area contributed by atoms with Crippen molar-refractivity contribution in [1.29, 1.82) is 0 Å². The Morgan fingerprint density at radius 2 is 2.05 bits per heavy atom. The first-order valence-corrected chi connectivity index (χ1v) is 8.49. The van der Waals surface area contributed by atoms with Crippen LogP contribution in [0.1, 0.15) is 49.9 Å². The highest BCUT2D eigenvalue weighted by molar-refractivity contribution is 7.10. The molecule has 0 spiro atoms. The number of nitrogens with one attached hydrogen (secondary N) is 1. The van der Waals surface area contributed by atoms with E-state index in [1.54, 1.807) is 0 Å². The van der Waals surface area contributed by atoms with Gasteiger partial charge in [-0.2, -0.15) is 0 Å². The Kier molecular flexibility index (Phi) is 5.86. The maximum Gasteiger partial charge on any atom is 0.0561 e. The van der Waals surface area contributed by atoms with Gasteiger partial charge in [0.15, 0.2) is 0 Å². The monoisotopic (exact) mass is 280 g/mol. The van der Waals surface area contributed by atoms with Crippen LogP contribution in [-0.2, 0) is 0 Å². The first-order chi connectivity index (χ1) is 9.18. The molecule has 0 saturated heterocycles. The van der Waals surface area contributed by atoms with Crippen LogP contribution in [0.4, 0.5) is 0 Å². The molecule has 1 N–H and O–H groups in total. The highest BCUT2D eigenvalue weighted by Gasteiger charge is 2.22. The van der Waals surface area contributed by atoms with Crippen LogP contribution >= 0.6 is 11.3 Å². The number of hydrogen-bond donors (Lipinski definition) is 1. The Balaban J connectivity index is 1.84. The van der Waals surface area contributed by atoms with Crippen molar-refractivity contribution in [2.75, 3.05) is 20.6 Å². The highest BCUT2D eigenvalue weighted by atomic mass is 32.1. The lowest BCUT2D eigenvalue weighted by atomic mass is 9.84. The van der Waals surface area contributed by atoms with E-state index in [4.69, 9.17) is 0 Å². The molecule has 2 rings (SSSR count). The average Bonchev–Trinajstić information content (AvgIpc) is 2.93. The highest BCUT2D eigenvalue weighted by Crippen LogP contribution is 2.27. The fourth-order valence-corrected chi connectivity index (χ4v) is 4.04. The van der Waals surface area contributed by atoms with Gasteiger partial charge < -0.3 is 10.2 Å². The van der Waals surface area contributed by atoms with Gasteiger partial charge in [-0.1, -0.05) is 25.3 Å². The molecule has 1 fully saturated rings. The average molecular weight is 280 g/mol. The maximum absolute atomic E-state index is 3.79. The number of thiophene rings is 1. The molecule has 0 amide bonds. The minimum Gasteiger partial charge on any atom is -0.312 e. The van der Waals surface area contributed by atoms with E-state index >= 15 is 0 Å². The van der Waals surface area contributed by atoms with Crippen molar-refractivity contribution in [2.45, 2.75) is 51.1 Å². The van der Waals surface area contributed by atoms with Gasteiger partial charge >= 0.3 is 0 Å². The molecular weight excluding hydrogens is 252 g/mol. The molecule has 108 valence electrons. The number of likely N-dealkylation sites (N-methyl/N-ethyl adjacent to an activating group) is 1. The lowest BCUT2D eigenvalue weighted by molar-refractivity contribution is 0.243.